The van der Waals surface area contributed by atoms with Gasteiger partial charge in [-0.2, -0.15) is 0 Å². The number of halogens is 1. The van der Waals surface area contributed by atoms with E-state index in [9.17, 15) is 13.4 Å². The highest BCUT2D eigenvalue weighted by molar-refractivity contribution is 7.87. The number of amidine groups is 1. The Balaban J connectivity index is 2.26. The first-order valence-corrected chi connectivity index (χ1v) is 9.55. The zero-order chi connectivity index (χ0) is 21.1. The Morgan fingerprint density at radius 1 is 1.39 bits per heavy atom. The van der Waals surface area contributed by atoms with Crippen molar-refractivity contribution in [3.8, 4) is 0 Å². The number of aromatic nitrogens is 1. The highest BCUT2D eigenvalue weighted by atomic mass is 32.2. The maximum atomic E-state index is 14.3. The average Bonchev–Trinajstić information content (AvgIpc) is 2.65. The minimum atomic E-state index is -1.36. The van der Waals surface area contributed by atoms with Crippen molar-refractivity contribution in [2.45, 2.75) is 24.6 Å². The lowest BCUT2D eigenvalue weighted by atomic mass is 10.1. The molecule has 1 aliphatic heterocycles. The van der Waals surface area contributed by atoms with Crippen LogP contribution >= 0.6 is 0 Å². The van der Waals surface area contributed by atoms with Crippen LogP contribution in [0.4, 0.5) is 10.2 Å². The number of carbonyl (C=O) groups excluding carboxylic acids is 1. The number of aliphatic imine (C=N–C) groups is 1. The molecule has 0 radical (unpaired) electrons. The van der Waals surface area contributed by atoms with Crippen LogP contribution in [-0.4, -0.2) is 38.5 Å². The maximum Gasteiger partial charge on any atom is 0.272 e. The fourth-order valence-electron chi connectivity index (χ4n) is 2.23. The van der Waals surface area contributed by atoms with Gasteiger partial charge in [-0.15, -0.1) is 0 Å². The van der Waals surface area contributed by atoms with Crippen LogP contribution in [0.5, 0.6) is 0 Å². The lowest BCUT2D eigenvalue weighted by Crippen LogP contribution is -2.47. The Bertz CT molecular complexity index is 897. The summed E-state index contributed by atoms with van der Waals surface area (Å²) in [6.45, 7) is 3.41. The van der Waals surface area contributed by atoms with Crippen LogP contribution in [0.2, 0.25) is 0 Å². The van der Waals surface area contributed by atoms with Crippen molar-refractivity contribution in [2.75, 3.05) is 18.2 Å². The molecule has 0 aromatic carbocycles. The van der Waals surface area contributed by atoms with Crippen LogP contribution in [0.15, 0.2) is 40.9 Å². The first-order valence-electron chi connectivity index (χ1n) is 8.23. The van der Waals surface area contributed by atoms with Crippen LogP contribution in [0, 0.1) is 5.82 Å². The van der Waals surface area contributed by atoms with Crippen LogP contribution in [0.3, 0.4) is 0 Å². The topological polar surface area (TPSA) is 159 Å². The third-order valence-corrected chi connectivity index (χ3v) is 6.11. The molecule has 1 aromatic heterocycles. The lowest BCUT2D eigenvalue weighted by molar-refractivity contribution is -0.112. The molecular formula is C17H23FN6O3S. The molecule has 7 N–H and O–H groups in total. The number of nitrogens with zero attached hydrogens (tertiary/aromatic N) is 2. The molecule has 11 heteroatoms. The molecule has 1 amide bonds. The van der Waals surface area contributed by atoms with Gasteiger partial charge in [0.1, 0.15) is 29.2 Å². The highest BCUT2D eigenvalue weighted by Crippen LogP contribution is 2.30. The fourth-order valence-corrected chi connectivity index (χ4v) is 3.46. The molecule has 28 heavy (non-hydrogen) atoms. The number of ether oxygens (including phenoxy) is 1. The molecule has 1 aromatic rings. The van der Waals surface area contributed by atoms with Crippen molar-refractivity contribution in [3.05, 3.63) is 47.4 Å². The second kappa shape index (κ2) is 8.38. The number of nitrogens with two attached hydrogens (primary N) is 3. The first kappa shape index (κ1) is 21.4. The number of pyridine rings is 1. The molecule has 9 nitrogen and oxygen atoms in total. The Kier molecular flexibility index (Phi) is 6.39. The van der Waals surface area contributed by atoms with E-state index in [4.69, 9.17) is 21.9 Å². The average molecular weight is 410 g/mol. The summed E-state index contributed by atoms with van der Waals surface area (Å²) < 4.78 is 30.6. The zero-order valence-electron chi connectivity index (χ0n) is 15.7. The number of hydrogen-bond acceptors (Lipinski definition) is 8. The molecule has 2 heterocycles. The van der Waals surface area contributed by atoms with Gasteiger partial charge < -0.3 is 27.3 Å². The van der Waals surface area contributed by atoms with E-state index < -0.39 is 33.3 Å². The van der Waals surface area contributed by atoms with Gasteiger partial charge >= 0.3 is 0 Å². The molecule has 0 saturated heterocycles. The molecule has 0 bridgehead atoms. The molecule has 2 rings (SSSR count). The fraction of sp³-hybridized carbons (Fsp3) is 0.353. The quantitative estimate of drug-likeness (QED) is 0.310. The van der Waals surface area contributed by atoms with E-state index in [-0.39, 0.29) is 34.7 Å². The van der Waals surface area contributed by atoms with E-state index in [1.165, 1.54) is 25.3 Å². The van der Waals surface area contributed by atoms with Crippen LogP contribution in [-0.2, 0) is 20.3 Å². The molecule has 152 valence electrons. The number of anilines is 1. The number of amides is 1. The third kappa shape index (κ3) is 4.66. The first-order chi connectivity index (χ1) is 13.1. The van der Waals surface area contributed by atoms with Crippen LogP contribution < -0.4 is 22.5 Å². The van der Waals surface area contributed by atoms with Crippen molar-refractivity contribution in [2.24, 2.45) is 22.2 Å². The van der Waals surface area contributed by atoms with E-state index in [0.29, 0.717) is 0 Å². The molecular weight excluding hydrogens is 387 g/mol. The van der Waals surface area contributed by atoms with Crippen molar-refractivity contribution < 1.29 is 18.1 Å². The van der Waals surface area contributed by atoms with E-state index in [1.54, 1.807) is 13.8 Å². The molecule has 2 unspecified atom stereocenters. The van der Waals surface area contributed by atoms with Gasteiger partial charge in [0.05, 0.1) is 23.3 Å². The summed E-state index contributed by atoms with van der Waals surface area (Å²) in [5, 5.41) is 2.45. The Labute approximate surface area is 164 Å². The number of hydrogen-bond donors (Lipinski definition) is 4. The van der Waals surface area contributed by atoms with Gasteiger partial charge in [0, 0.05) is 10.8 Å². The van der Waals surface area contributed by atoms with Crippen LogP contribution in [0.25, 0.3) is 0 Å². The SMILES string of the molecule is CO/C(N)=C/C=C(\N)C(=O)Nc1ccc(F)c(C2CS(=O)C(C)(C)C(N)=N2)n1. The Hall–Kier alpha value is -2.95. The normalized spacial score (nSPS) is 22.4. The minimum Gasteiger partial charge on any atom is -0.483 e. The summed E-state index contributed by atoms with van der Waals surface area (Å²) in [7, 11) is 0.00813. The van der Waals surface area contributed by atoms with Gasteiger partial charge in [0.15, 0.2) is 5.88 Å². The van der Waals surface area contributed by atoms with E-state index >= 15 is 0 Å². The Morgan fingerprint density at radius 3 is 2.68 bits per heavy atom. The summed E-state index contributed by atoms with van der Waals surface area (Å²) in [6, 6.07) is 1.60. The molecule has 0 fully saturated rings. The smallest absolute Gasteiger partial charge is 0.272 e. The second-order valence-electron chi connectivity index (χ2n) is 6.47. The van der Waals surface area contributed by atoms with E-state index in [2.05, 4.69) is 15.3 Å². The number of methoxy groups -OCH3 is 1. The summed E-state index contributed by atoms with van der Waals surface area (Å²) in [4.78, 5) is 20.5. The molecule has 0 aliphatic carbocycles. The van der Waals surface area contributed by atoms with Crippen molar-refractivity contribution >= 4 is 28.4 Å². The van der Waals surface area contributed by atoms with Crippen molar-refractivity contribution in [3.63, 3.8) is 0 Å². The predicted octanol–water partition coefficient (Wildman–Crippen LogP) is 0.388. The summed E-state index contributed by atoms with van der Waals surface area (Å²) in [5.74, 6) is -0.949. The maximum absolute atomic E-state index is 14.3. The highest BCUT2D eigenvalue weighted by Gasteiger charge is 2.38. The summed E-state index contributed by atoms with van der Waals surface area (Å²) in [5.41, 5.74) is 16.8. The van der Waals surface area contributed by atoms with Gasteiger partial charge in [0.25, 0.3) is 5.91 Å². The van der Waals surface area contributed by atoms with Gasteiger partial charge in [-0.3, -0.25) is 14.0 Å². The van der Waals surface area contributed by atoms with Gasteiger partial charge in [-0.1, -0.05) is 0 Å². The van der Waals surface area contributed by atoms with E-state index in [0.717, 1.165) is 6.07 Å². The summed E-state index contributed by atoms with van der Waals surface area (Å²) >= 11 is 0. The standard InChI is InChI=1S/C17H23FN6O3S/c1-17(2)16(21)22-11(8-28(17)26)14-9(18)4-7-13(23-14)24-15(25)10(19)5-6-12(20)27-3/h4-7,11H,8,19-20H2,1-3H3,(H2,21,22)(H,23,24,25)/b10-5-,12-6+. The van der Waals surface area contributed by atoms with E-state index in [1.807, 2.05) is 0 Å². The van der Waals surface area contributed by atoms with Crippen molar-refractivity contribution in [1.29, 1.82) is 0 Å². The predicted molar refractivity (Wildman–Crippen MR) is 106 cm³/mol. The summed E-state index contributed by atoms with van der Waals surface area (Å²) in [6.07, 6.45) is 2.57. The number of carbonyl (C=O) groups is 1. The lowest BCUT2D eigenvalue weighted by Gasteiger charge is -2.30. The zero-order valence-corrected chi connectivity index (χ0v) is 16.5. The van der Waals surface area contributed by atoms with Gasteiger partial charge in [-0.25, -0.2) is 9.37 Å². The molecule has 0 spiro atoms. The molecule has 2 atom stereocenters. The number of allylic oxidation sites excluding steroid dienone is 2. The molecule has 1 aliphatic rings. The van der Waals surface area contributed by atoms with Crippen LogP contribution in [0.1, 0.15) is 25.6 Å². The minimum absolute atomic E-state index is 0.0596. The largest absolute Gasteiger partial charge is 0.483 e. The van der Waals surface area contributed by atoms with Crippen molar-refractivity contribution in [1.82, 2.24) is 4.98 Å². The monoisotopic (exact) mass is 410 g/mol. The Morgan fingerprint density at radius 2 is 2.07 bits per heavy atom. The number of rotatable bonds is 5. The third-order valence-electron chi connectivity index (χ3n) is 4.15. The molecule has 0 saturated carbocycles. The van der Waals surface area contributed by atoms with Gasteiger partial charge in [0.2, 0.25) is 0 Å². The number of nitrogens with one attached hydrogen (secondary N) is 1. The van der Waals surface area contributed by atoms with Gasteiger partial charge in [-0.05, 0) is 38.1 Å². The second-order valence-corrected chi connectivity index (χ2v) is 8.51.